The van der Waals surface area contributed by atoms with E-state index in [0.717, 1.165) is 11.1 Å². The maximum atomic E-state index is 12.8. The predicted octanol–water partition coefficient (Wildman–Crippen LogP) is 4.45. The summed E-state index contributed by atoms with van der Waals surface area (Å²) in [7, 11) is 3.19. The van der Waals surface area contributed by atoms with E-state index in [1.165, 1.54) is 0 Å². The average Bonchev–Trinajstić information content (AvgIpc) is 2.87. The third-order valence-corrected chi connectivity index (χ3v) is 5.11. The minimum absolute atomic E-state index is 0.244. The number of hydrogen-bond donors (Lipinski definition) is 1. The Bertz CT molecular complexity index is 1260. The van der Waals surface area contributed by atoms with Crippen molar-refractivity contribution in [3.63, 3.8) is 0 Å². The summed E-state index contributed by atoms with van der Waals surface area (Å²) >= 11 is 0. The number of fused-ring (bicyclic) bond motifs is 1. The summed E-state index contributed by atoms with van der Waals surface area (Å²) in [6.45, 7) is 2.75. The number of aromatic nitrogens is 3. The van der Waals surface area contributed by atoms with Crippen molar-refractivity contribution in [2.75, 3.05) is 25.7 Å². The normalized spacial score (nSPS) is 10.6. The fourth-order valence-electron chi connectivity index (χ4n) is 3.44. The van der Waals surface area contributed by atoms with Gasteiger partial charge in [-0.3, -0.25) is 4.90 Å². The Balaban J connectivity index is 1.73. The van der Waals surface area contributed by atoms with Crippen LogP contribution in [-0.4, -0.2) is 41.7 Å². The maximum absolute atomic E-state index is 12.8. The number of ether oxygens (including phenoxy) is 2. The van der Waals surface area contributed by atoms with E-state index in [-0.39, 0.29) is 6.03 Å². The van der Waals surface area contributed by atoms with Gasteiger partial charge >= 0.3 is 6.03 Å². The van der Waals surface area contributed by atoms with Gasteiger partial charge in [0.1, 0.15) is 5.52 Å². The molecular weight excluding hydrogens is 418 g/mol. The molecule has 1 N–H and O–H groups in total. The number of hydrogen-bond acceptors (Lipinski definition) is 6. The number of amides is 2. The van der Waals surface area contributed by atoms with E-state index >= 15 is 0 Å². The highest BCUT2D eigenvalue weighted by Crippen LogP contribution is 2.32. The van der Waals surface area contributed by atoms with Gasteiger partial charge in [-0.25, -0.2) is 19.7 Å². The van der Waals surface area contributed by atoms with Crippen LogP contribution in [0.25, 0.3) is 22.4 Å². The molecule has 168 valence electrons. The van der Waals surface area contributed by atoms with Crippen LogP contribution in [0.15, 0.2) is 66.9 Å². The van der Waals surface area contributed by atoms with Crippen molar-refractivity contribution >= 4 is 23.0 Å². The molecule has 0 aliphatic rings. The summed E-state index contributed by atoms with van der Waals surface area (Å²) in [5.74, 6) is 1.68. The Labute approximate surface area is 192 Å². The van der Waals surface area contributed by atoms with E-state index in [2.05, 4.69) is 15.3 Å². The first-order valence-corrected chi connectivity index (χ1v) is 10.6. The number of carbonyl (C=O) groups is 1. The summed E-state index contributed by atoms with van der Waals surface area (Å²) in [5.41, 5.74) is 3.63. The zero-order valence-corrected chi connectivity index (χ0v) is 18.8. The number of anilines is 1. The minimum atomic E-state index is -0.244. The first kappa shape index (κ1) is 22.0. The summed E-state index contributed by atoms with van der Waals surface area (Å²) in [6.07, 6.45) is 1.60. The Hall–Kier alpha value is -4.20. The van der Waals surface area contributed by atoms with Gasteiger partial charge in [-0.15, -0.1) is 0 Å². The van der Waals surface area contributed by atoms with Crippen molar-refractivity contribution < 1.29 is 14.3 Å². The second-order valence-corrected chi connectivity index (χ2v) is 7.24. The van der Waals surface area contributed by atoms with E-state index in [0.29, 0.717) is 47.3 Å². The molecule has 2 aromatic carbocycles. The standard InChI is InChI=1S/C25H25N5O3/c1-4-26-25(31)30(16-17-8-6-5-7-9-17)23-15-27-20-12-11-19(28-24(20)29-23)18-10-13-21(32-2)22(14-18)33-3/h5-15H,4,16H2,1-3H3,(H,26,31). The fraction of sp³-hybridized carbons (Fsp3) is 0.200. The number of carbonyl (C=O) groups excluding carboxylic acids is 1. The lowest BCUT2D eigenvalue weighted by Crippen LogP contribution is -2.40. The fourth-order valence-corrected chi connectivity index (χ4v) is 3.44. The van der Waals surface area contributed by atoms with Crippen LogP contribution in [0.2, 0.25) is 0 Å². The zero-order valence-electron chi connectivity index (χ0n) is 18.8. The Morgan fingerprint density at radius 3 is 2.48 bits per heavy atom. The van der Waals surface area contributed by atoms with Gasteiger partial charge in [0, 0.05) is 12.1 Å². The topological polar surface area (TPSA) is 89.5 Å². The lowest BCUT2D eigenvalue weighted by Gasteiger charge is -2.22. The summed E-state index contributed by atoms with van der Waals surface area (Å²) in [4.78, 5) is 28.2. The van der Waals surface area contributed by atoms with Gasteiger partial charge in [0.05, 0.1) is 32.7 Å². The Morgan fingerprint density at radius 1 is 0.970 bits per heavy atom. The predicted molar refractivity (Wildman–Crippen MR) is 128 cm³/mol. The molecule has 2 aromatic heterocycles. The molecule has 33 heavy (non-hydrogen) atoms. The van der Waals surface area contributed by atoms with Crippen molar-refractivity contribution in [3.8, 4) is 22.8 Å². The van der Waals surface area contributed by atoms with E-state index in [9.17, 15) is 4.79 Å². The lowest BCUT2D eigenvalue weighted by molar-refractivity contribution is 0.246. The van der Waals surface area contributed by atoms with E-state index in [1.807, 2.05) is 67.6 Å². The number of rotatable bonds is 7. The molecule has 2 heterocycles. The summed E-state index contributed by atoms with van der Waals surface area (Å²) in [6, 6.07) is 18.8. The molecule has 0 bridgehead atoms. The second-order valence-electron chi connectivity index (χ2n) is 7.24. The molecule has 0 aliphatic heterocycles. The van der Waals surface area contributed by atoms with Crippen LogP contribution < -0.4 is 19.7 Å². The van der Waals surface area contributed by atoms with Crippen molar-refractivity contribution in [1.29, 1.82) is 0 Å². The molecule has 0 atom stereocenters. The van der Waals surface area contributed by atoms with Crippen molar-refractivity contribution in [2.24, 2.45) is 0 Å². The second kappa shape index (κ2) is 9.95. The molecule has 0 unspecified atom stereocenters. The van der Waals surface area contributed by atoms with Gasteiger partial charge in [0.2, 0.25) is 0 Å². The Morgan fingerprint density at radius 2 is 1.76 bits per heavy atom. The number of benzene rings is 2. The lowest BCUT2D eigenvalue weighted by atomic mass is 10.1. The first-order chi connectivity index (χ1) is 16.1. The highest BCUT2D eigenvalue weighted by molar-refractivity contribution is 5.91. The number of nitrogens with zero attached hydrogens (tertiary/aromatic N) is 4. The molecule has 8 nitrogen and oxygen atoms in total. The zero-order chi connectivity index (χ0) is 23.2. The van der Waals surface area contributed by atoms with Gasteiger partial charge in [-0.1, -0.05) is 30.3 Å². The molecular formula is C25H25N5O3. The summed E-state index contributed by atoms with van der Waals surface area (Å²) in [5, 5.41) is 2.85. The molecule has 4 rings (SSSR count). The third-order valence-electron chi connectivity index (χ3n) is 5.11. The van der Waals surface area contributed by atoms with Crippen LogP contribution in [0.4, 0.5) is 10.6 Å². The van der Waals surface area contributed by atoms with Crippen LogP contribution in [0, 0.1) is 0 Å². The van der Waals surface area contributed by atoms with Crippen LogP contribution >= 0.6 is 0 Å². The summed E-state index contributed by atoms with van der Waals surface area (Å²) < 4.78 is 10.7. The van der Waals surface area contributed by atoms with E-state index in [1.54, 1.807) is 25.3 Å². The molecule has 2 amide bonds. The molecule has 0 fully saturated rings. The maximum Gasteiger partial charge on any atom is 0.323 e. The van der Waals surface area contributed by atoms with Crippen molar-refractivity contribution in [3.05, 3.63) is 72.4 Å². The molecule has 0 radical (unpaired) electrons. The monoisotopic (exact) mass is 443 g/mol. The highest BCUT2D eigenvalue weighted by atomic mass is 16.5. The van der Waals surface area contributed by atoms with E-state index < -0.39 is 0 Å². The van der Waals surface area contributed by atoms with Gasteiger partial charge in [-0.2, -0.15) is 0 Å². The SMILES string of the molecule is CCNC(=O)N(Cc1ccccc1)c1cnc2ccc(-c3ccc(OC)c(OC)c3)nc2n1. The number of pyridine rings is 1. The number of nitrogens with one attached hydrogen (secondary N) is 1. The van der Waals surface area contributed by atoms with Crippen LogP contribution in [-0.2, 0) is 6.54 Å². The molecule has 0 aliphatic carbocycles. The van der Waals surface area contributed by atoms with Gasteiger partial charge in [-0.05, 0) is 42.8 Å². The van der Waals surface area contributed by atoms with Gasteiger partial charge in [0.15, 0.2) is 23.0 Å². The van der Waals surface area contributed by atoms with Gasteiger partial charge < -0.3 is 14.8 Å². The number of methoxy groups -OCH3 is 2. The first-order valence-electron chi connectivity index (χ1n) is 10.6. The van der Waals surface area contributed by atoms with Crippen molar-refractivity contribution in [2.45, 2.75) is 13.5 Å². The van der Waals surface area contributed by atoms with Crippen LogP contribution in [0.3, 0.4) is 0 Å². The molecule has 4 aromatic rings. The quantitative estimate of drug-likeness (QED) is 0.454. The minimum Gasteiger partial charge on any atom is -0.493 e. The molecule has 8 heteroatoms. The highest BCUT2D eigenvalue weighted by Gasteiger charge is 2.18. The average molecular weight is 444 g/mol. The third kappa shape index (κ3) is 4.85. The van der Waals surface area contributed by atoms with Crippen LogP contribution in [0.1, 0.15) is 12.5 Å². The van der Waals surface area contributed by atoms with E-state index in [4.69, 9.17) is 14.5 Å². The Kier molecular flexibility index (Phi) is 6.64. The smallest absolute Gasteiger partial charge is 0.323 e. The van der Waals surface area contributed by atoms with Gasteiger partial charge in [0.25, 0.3) is 0 Å². The number of urea groups is 1. The largest absolute Gasteiger partial charge is 0.493 e. The van der Waals surface area contributed by atoms with Crippen LogP contribution in [0.5, 0.6) is 11.5 Å². The van der Waals surface area contributed by atoms with Crippen molar-refractivity contribution in [1.82, 2.24) is 20.3 Å². The molecule has 0 saturated heterocycles. The molecule has 0 spiro atoms. The molecule has 0 saturated carbocycles.